The first-order valence-electron chi connectivity index (χ1n) is 3.97. The van der Waals surface area contributed by atoms with Crippen LogP contribution in [0.4, 0.5) is 14.5 Å². The molecule has 0 spiro atoms. The molecule has 0 saturated heterocycles. The van der Waals surface area contributed by atoms with Gasteiger partial charge in [0.15, 0.2) is 0 Å². The average Bonchev–Trinajstić information content (AvgIpc) is 2.02. The van der Waals surface area contributed by atoms with Crippen molar-refractivity contribution < 1.29 is 13.7 Å². The van der Waals surface area contributed by atoms with Gasteiger partial charge in [-0.1, -0.05) is 6.07 Å². The molecule has 0 aliphatic carbocycles. The van der Waals surface area contributed by atoms with Crippen LogP contribution in [0.15, 0.2) is 12.1 Å². The number of aryl methyl sites for hydroxylation is 1. The molecule has 0 bridgehead atoms. The lowest BCUT2D eigenvalue weighted by atomic mass is 10.0. The second-order valence-electron chi connectivity index (χ2n) is 3.00. The molecule has 0 fully saturated rings. The fraction of sp³-hybridized carbons (Fsp3) is 0.333. The monoisotopic (exact) mass is 201 g/mol. The van der Waals surface area contributed by atoms with E-state index in [-0.39, 0.29) is 16.8 Å². The van der Waals surface area contributed by atoms with Gasteiger partial charge in [-0.05, 0) is 19.4 Å². The van der Waals surface area contributed by atoms with Crippen molar-refractivity contribution in [3.8, 4) is 0 Å². The number of nitro benzene ring substituents is 1. The van der Waals surface area contributed by atoms with Crippen LogP contribution in [-0.4, -0.2) is 4.92 Å². The highest BCUT2D eigenvalue weighted by molar-refractivity contribution is 5.48. The van der Waals surface area contributed by atoms with E-state index in [4.69, 9.17) is 0 Å². The van der Waals surface area contributed by atoms with Gasteiger partial charge in [-0.15, -0.1) is 0 Å². The van der Waals surface area contributed by atoms with Crippen molar-refractivity contribution in [2.45, 2.75) is 20.3 Å². The van der Waals surface area contributed by atoms with Gasteiger partial charge in [0.05, 0.1) is 4.92 Å². The molecule has 14 heavy (non-hydrogen) atoms. The van der Waals surface area contributed by atoms with Gasteiger partial charge in [-0.2, -0.15) is 0 Å². The lowest BCUT2D eigenvalue weighted by molar-refractivity contribution is -0.385. The van der Waals surface area contributed by atoms with E-state index in [2.05, 4.69) is 0 Å². The summed E-state index contributed by atoms with van der Waals surface area (Å²) < 4.78 is 25.0. The Bertz CT molecular complexity index is 377. The van der Waals surface area contributed by atoms with Gasteiger partial charge < -0.3 is 0 Å². The quantitative estimate of drug-likeness (QED) is 0.544. The minimum atomic E-state index is -2.67. The molecule has 0 amide bonds. The standard InChI is InChI=1S/C9H9F2NO2/c1-5-3-4-7(12(13)14)6(2)8(5)9(10)11/h3-4,9H,1-2H3. The molecule has 0 unspecified atom stereocenters. The fourth-order valence-corrected chi connectivity index (χ4v) is 1.39. The zero-order valence-corrected chi connectivity index (χ0v) is 7.75. The third kappa shape index (κ3) is 1.71. The van der Waals surface area contributed by atoms with Gasteiger partial charge in [0.25, 0.3) is 12.1 Å². The maximum atomic E-state index is 12.5. The Morgan fingerprint density at radius 1 is 1.36 bits per heavy atom. The average molecular weight is 201 g/mol. The molecule has 0 atom stereocenters. The highest BCUT2D eigenvalue weighted by Gasteiger charge is 2.21. The maximum Gasteiger partial charge on any atom is 0.272 e. The van der Waals surface area contributed by atoms with Gasteiger partial charge in [-0.25, -0.2) is 8.78 Å². The summed E-state index contributed by atoms with van der Waals surface area (Å²) in [5.41, 5.74) is -0.0711. The largest absolute Gasteiger partial charge is 0.272 e. The number of benzene rings is 1. The Kier molecular flexibility index (Phi) is 2.78. The maximum absolute atomic E-state index is 12.5. The summed E-state index contributed by atoms with van der Waals surface area (Å²) in [6.07, 6.45) is -2.67. The summed E-state index contributed by atoms with van der Waals surface area (Å²) in [6, 6.07) is 2.59. The smallest absolute Gasteiger partial charge is 0.258 e. The van der Waals surface area contributed by atoms with Crippen molar-refractivity contribution in [2.75, 3.05) is 0 Å². The number of nitro groups is 1. The van der Waals surface area contributed by atoms with E-state index in [9.17, 15) is 18.9 Å². The van der Waals surface area contributed by atoms with E-state index in [1.165, 1.54) is 26.0 Å². The number of hydrogen-bond donors (Lipinski definition) is 0. The van der Waals surface area contributed by atoms with Crippen molar-refractivity contribution in [1.29, 1.82) is 0 Å². The predicted octanol–water partition coefficient (Wildman–Crippen LogP) is 3.15. The number of halogens is 2. The Morgan fingerprint density at radius 3 is 2.36 bits per heavy atom. The zero-order chi connectivity index (χ0) is 10.9. The Labute approximate surface area is 79.5 Å². The molecule has 0 radical (unpaired) electrons. The van der Waals surface area contributed by atoms with E-state index >= 15 is 0 Å². The van der Waals surface area contributed by atoms with E-state index in [1.807, 2.05) is 0 Å². The summed E-state index contributed by atoms with van der Waals surface area (Å²) >= 11 is 0. The molecule has 0 saturated carbocycles. The number of hydrogen-bond acceptors (Lipinski definition) is 2. The van der Waals surface area contributed by atoms with Crippen LogP contribution >= 0.6 is 0 Å². The van der Waals surface area contributed by atoms with Gasteiger partial charge in [0.1, 0.15) is 0 Å². The van der Waals surface area contributed by atoms with E-state index in [0.717, 1.165) is 0 Å². The highest BCUT2D eigenvalue weighted by atomic mass is 19.3. The number of nitrogens with zero attached hydrogens (tertiary/aromatic N) is 1. The lowest BCUT2D eigenvalue weighted by Gasteiger charge is -2.08. The van der Waals surface area contributed by atoms with Crippen molar-refractivity contribution in [3.05, 3.63) is 38.9 Å². The van der Waals surface area contributed by atoms with Crippen LogP contribution in [0.5, 0.6) is 0 Å². The van der Waals surface area contributed by atoms with Crippen LogP contribution in [0.3, 0.4) is 0 Å². The van der Waals surface area contributed by atoms with Gasteiger partial charge in [0, 0.05) is 17.2 Å². The summed E-state index contributed by atoms with van der Waals surface area (Å²) in [5.74, 6) is 0. The third-order valence-electron chi connectivity index (χ3n) is 2.12. The minimum absolute atomic E-state index is 0.0463. The Hall–Kier alpha value is -1.52. The molecule has 1 rings (SSSR count). The number of rotatable bonds is 2. The van der Waals surface area contributed by atoms with Gasteiger partial charge >= 0.3 is 0 Å². The summed E-state index contributed by atoms with van der Waals surface area (Å²) in [4.78, 5) is 9.82. The third-order valence-corrected chi connectivity index (χ3v) is 2.12. The molecule has 76 valence electrons. The molecule has 0 aliphatic rings. The summed E-state index contributed by atoms with van der Waals surface area (Å²) in [6.45, 7) is 2.85. The Balaban J connectivity index is 3.41. The zero-order valence-electron chi connectivity index (χ0n) is 7.75. The van der Waals surface area contributed by atoms with E-state index < -0.39 is 11.3 Å². The Morgan fingerprint density at radius 2 is 1.93 bits per heavy atom. The van der Waals surface area contributed by atoms with Crippen molar-refractivity contribution in [1.82, 2.24) is 0 Å². The van der Waals surface area contributed by atoms with Crippen LogP contribution in [0, 0.1) is 24.0 Å². The van der Waals surface area contributed by atoms with E-state index in [1.54, 1.807) is 0 Å². The normalized spacial score (nSPS) is 10.6. The van der Waals surface area contributed by atoms with Gasteiger partial charge in [0.2, 0.25) is 0 Å². The van der Waals surface area contributed by atoms with Crippen LogP contribution in [-0.2, 0) is 0 Å². The fourth-order valence-electron chi connectivity index (χ4n) is 1.39. The molecular formula is C9H9F2NO2. The van der Waals surface area contributed by atoms with Crippen LogP contribution in [0.2, 0.25) is 0 Å². The van der Waals surface area contributed by atoms with Crippen LogP contribution < -0.4 is 0 Å². The van der Waals surface area contributed by atoms with Crippen LogP contribution in [0.1, 0.15) is 23.1 Å². The van der Waals surface area contributed by atoms with Crippen molar-refractivity contribution in [3.63, 3.8) is 0 Å². The molecular weight excluding hydrogens is 192 g/mol. The molecule has 1 aromatic rings. The molecule has 5 heteroatoms. The number of alkyl halides is 2. The molecule has 0 aliphatic heterocycles. The molecule has 3 nitrogen and oxygen atoms in total. The highest BCUT2D eigenvalue weighted by Crippen LogP contribution is 2.31. The lowest BCUT2D eigenvalue weighted by Crippen LogP contribution is -1.99. The predicted molar refractivity (Wildman–Crippen MR) is 47.5 cm³/mol. The molecule has 0 N–H and O–H groups in total. The first kappa shape index (κ1) is 10.6. The second-order valence-corrected chi connectivity index (χ2v) is 3.00. The minimum Gasteiger partial charge on any atom is -0.258 e. The molecule has 1 aromatic carbocycles. The van der Waals surface area contributed by atoms with Crippen molar-refractivity contribution in [2.24, 2.45) is 0 Å². The topological polar surface area (TPSA) is 43.1 Å². The van der Waals surface area contributed by atoms with Gasteiger partial charge in [-0.3, -0.25) is 10.1 Å². The molecule has 0 heterocycles. The summed E-state index contributed by atoms with van der Waals surface area (Å²) in [7, 11) is 0. The first-order chi connectivity index (χ1) is 6.45. The second kappa shape index (κ2) is 3.69. The summed E-state index contributed by atoms with van der Waals surface area (Å²) in [5, 5.41) is 10.5. The van der Waals surface area contributed by atoms with Crippen LogP contribution in [0.25, 0.3) is 0 Å². The van der Waals surface area contributed by atoms with Crippen molar-refractivity contribution >= 4 is 5.69 Å². The molecule has 0 aromatic heterocycles. The van der Waals surface area contributed by atoms with E-state index in [0.29, 0.717) is 5.56 Å². The first-order valence-corrected chi connectivity index (χ1v) is 3.97. The SMILES string of the molecule is Cc1ccc([N+](=O)[O-])c(C)c1C(F)F.